The third-order valence-electron chi connectivity index (χ3n) is 4.61. The van der Waals surface area contributed by atoms with Gasteiger partial charge in [0, 0.05) is 40.8 Å². The first-order valence-electron chi connectivity index (χ1n) is 8.06. The summed E-state index contributed by atoms with van der Waals surface area (Å²) in [6.07, 6.45) is 0. The maximum Gasteiger partial charge on any atom is 0.244 e. The van der Waals surface area contributed by atoms with Crippen molar-refractivity contribution in [1.82, 2.24) is 4.31 Å². The molecule has 0 amide bonds. The Kier molecular flexibility index (Phi) is 5.58. The molecule has 0 aliphatic carbocycles. The number of hydrogen-bond donors (Lipinski definition) is 0. The summed E-state index contributed by atoms with van der Waals surface area (Å²) < 4.78 is 28.8. The Bertz CT molecular complexity index is 892. The summed E-state index contributed by atoms with van der Waals surface area (Å²) in [4.78, 5) is 2.55. The molecule has 134 valence electrons. The third kappa shape index (κ3) is 3.94. The van der Waals surface area contributed by atoms with Crippen LogP contribution in [0.15, 0.2) is 50.2 Å². The minimum absolute atomic E-state index is 0.307. The predicted octanol–water partition coefficient (Wildman–Crippen LogP) is 4.34. The molecule has 1 aliphatic heterocycles. The summed E-state index contributed by atoms with van der Waals surface area (Å²) in [6, 6.07) is 11.6. The van der Waals surface area contributed by atoms with Crippen molar-refractivity contribution in [3.05, 3.63) is 56.5 Å². The zero-order valence-corrected chi connectivity index (χ0v) is 18.2. The van der Waals surface area contributed by atoms with Crippen molar-refractivity contribution in [2.45, 2.75) is 18.7 Å². The number of halogens is 2. The van der Waals surface area contributed by atoms with Gasteiger partial charge in [0.25, 0.3) is 0 Å². The molecule has 0 N–H and O–H groups in total. The lowest BCUT2D eigenvalue weighted by atomic mass is 10.1. The predicted molar refractivity (Wildman–Crippen MR) is 109 cm³/mol. The fraction of sp³-hybridized carbons (Fsp3) is 0.333. The molecular formula is C18H20Br2N2O2S. The van der Waals surface area contributed by atoms with Crippen molar-refractivity contribution in [3.8, 4) is 0 Å². The Hall–Kier alpha value is -0.890. The molecule has 0 saturated carbocycles. The molecule has 0 atom stereocenters. The van der Waals surface area contributed by atoms with Crippen molar-refractivity contribution in [3.63, 3.8) is 0 Å². The van der Waals surface area contributed by atoms with E-state index in [1.807, 2.05) is 6.07 Å². The van der Waals surface area contributed by atoms with Gasteiger partial charge in [0.05, 0.1) is 4.90 Å². The van der Waals surface area contributed by atoms with Gasteiger partial charge in [-0.25, -0.2) is 8.42 Å². The third-order valence-corrected chi connectivity index (χ3v) is 7.99. The molecule has 0 unspecified atom stereocenters. The van der Waals surface area contributed by atoms with Crippen molar-refractivity contribution >= 4 is 47.6 Å². The van der Waals surface area contributed by atoms with E-state index in [1.165, 1.54) is 11.1 Å². The number of benzene rings is 2. The number of piperazine rings is 1. The van der Waals surface area contributed by atoms with Crippen LogP contribution in [0.25, 0.3) is 0 Å². The molecule has 3 rings (SSSR count). The van der Waals surface area contributed by atoms with E-state index in [2.05, 4.69) is 68.8 Å². The van der Waals surface area contributed by atoms with E-state index in [-0.39, 0.29) is 0 Å². The Morgan fingerprint density at radius 2 is 1.56 bits per heavy atom. The van der Waals surface area contributed by atoms with Gasteiger partial charge in [-0.05, 0) is 71.2 Å². The average Bonchev–Trinajstić information content (AvgIpc) is 2.59. The molecule has 0 spiro atoms. The second kappa shape index (κ2) is 7.39. The molecule has 4 nitrogen and oxygen atoms in total. The van der Waals surface area contributed by atoms with Crippen molar-refractivity contribution in [2.75, 3.05) is 31.1 Å². The van der Waals surface area contributed by atoms with Gasteiger partial charge in [0.2, 0.25) is 10.0 Å². The highest BCUT2D eigenvalue weighted by atomic mass is 79.9. The summed E-state index contributed by atoms with van der Waals surface area (Å²) in [5.41, 5.74) is 3.68. The summed E-state index contributed by atoms with van der Waals surface area (Å²) in [5, 5.41) is 0. The molecule has 1 fully saturated rings. The Labute approximate surface area is 166 Å². The number of hydrogen-bond acceptors (Lipinski definition) is 3. The summed E-state index contributed by atoms with van der Waals surface area (Å²) >= 11 is 6.71. The molecule has 1 heterocycles. The maximum atomic E-state index is 13.0. The summed E-state index contributed by atoms with van der Waals surface area (Å²) in [5.74, 6) is 0. The average molecular weight is 488 g/mol. The van der Waals surface area contributed by atoms with Gasteiger partial charge in [0.1, 0.15) is 0 Å². The lowest BCUT2D eigenvalue weighted by Gasteiger charge is -2.35. The van der Waals surface area contributed by atoms with Crippen LogP contribution in [-0.4, -0.2) is 38.9 Å². The lowest BCUT2D eigenvalue weighted by Crippen LogP contribution is -2.48. The molecule has 0 aromatic heterocycles. The van der Waals surface area contributed by atoms with Crippen LogP contribution in [-0.2, 0) is 10.0 Å². The Morgan fingerprint density at radius 3 is 2.20 bits per heavy atom. The quantitative estimate of drug-likeness (QED) is 0.646. The second-order valence-electron chi connectivity index (χ2n) is 6.23. The number of anilines is 1. The van der Waals surface area contributed by atoms with Crippen LogP contribution in [0.1, 0.15) is 11.1 Å². The Balaban J connectivity index is 1.77. The molecule has 0 radical (unpaired) electrons. The minimum atomic E-state index is -3.51. The molecule has 2 aromatic carbocycles. The first-order chi connectivity index (χ1) is 11.8. The van der Waals surface area contributed by atoms with Gasteiger partial charge >= 0.3 is 0 Å². The molecule has 1 aliphatic rings. The second-order valence-corrected chi connectivity index (χ2v) is 9.91. The van der Waals surface area contributed by atoms with Gasteiger partial charge in [-0.2, -0.15) is 4.31 Å². The number of rotatable bonds is 3. The topological polar surface area (TPSA) is 40.6 Å². The first kappa shape index (κ1) is 18.9. The van der Waals surface area contributed by atoms with Gasteiger partial charge in [-0.1, -0.05) is 22.0 Å². The number of sulfonamides is 1. The van der Waals surface area contributed by atoms with Gasteiger partial charge in [0.15, 0.2) is 0 Å². The molecule has 2 aromatic rings. The van der Waals surface area contributed by atoms with Crippen LogP contribution in [0.4, 0.5) is 5.69 Å². The molecule has 1 saturated heterocycles. The lowest BCUT2D eigenvalue weighted by molar-refractivity contribution is 0.384. The first-order valence-corrected chi connectivity index (χ1v) is 11.1. The highest BCUT2D eigenvalue weighted by Gasteiger charge is 2.30. The number of nitrogens with zero attached hydrogens (tertiary/aromatic N) is 2. The van der Waals surface area contributed by atoms with E-state index < -0.39 is 10.0 Å². The van der Waals surface area contributed by atoms with Crippen LogP contribution in [0.3, 0.4) is 0 Å². The molecule has 0 bridgehead atoms. The van der Waals surface area contributed by atoms with Crippen LogP contribution in [0.2, 0.25) is 0 Å². The van der Waals surface area contributed by atoms with E-state index in [9.17, 15) is 8.42 Å². The van der Waals surface area contributed by atoms with E-state index in [0.717, 1.165) is 10.2 Å². The smallest absolute Gasteiger partial charge is 0.244 e. The minimum Gasteiger partial charge on any atom is -0.369 e. The van der Waals surface area contributed by atoms with Crippen molar-refractivity contribution in [1.29, 1.82) is 0 Å². The van der Waals surface area contributed by atoms with Crippen LogP contribution in [0, 0.1) is 13.8 Å². The Morgan fingerprint density at radius 1 is 0.880 bits per heavy atom. The summed E-state index contributed by atoms with van der Waals surface area (Å²) in [7, 11) is -3.51. The normalized spacial score (nSPS) is 16.2. The van der Waals surface area contributed by atoms with Crippen molar-refractivity contribution in [2.24, 2.45) is 0 Å². The number of aryl methyl sites for hydroxylation is 2. The largest absolute Gasteiger partial charge is 0.369 e. The van der Waals surface area contributed by atoms with Crippen LogP contribution >= 0.6 is 31.9 Å². The van der Waals surface area contributed by atoms with Crippen LogP contribution < -0.4 is 4.90 Å². The zero-order valence-electron chi connectivity index (χ0n) is 14.2. The van der Waals surface area contributed by atoms with Gasteiger partial charge < -0.3 is 4.90 Å². The van der Waals surface area contributed by atoms with Crippen molar-refractivity contribution < 1.29 is 8.42 Å². The van der Waals surface area contributed by atoms with E-state index in [1.54, 1.807) is 16.4 Å². The molecular weight excluding hydrogens is 468 g/mol. The zero-order chi connectivity index (χ0) is 18.2. The van der Waals surface area contributed by atoms with Gasteiger partial charge in [-0.15, -0.1) is 0 Å². The van der Waals surface area contributed by atoms with Crippen LogP contribution in [0.5, 0.6) is 0 Å². The fourth-order valence-corrected chi connectivity index (χ4v) is 5.81. The highest BCUT2D eigenvalue weighted by Crippen LogP contribution is 2.29. The van der Waals surface area contributed by atoms with Gasteiger partial charge in [-0.3, -0.25) is 0 Å². The maximum absolute atomic E-state index is 13.0. The van der Waals surface area contributed by atoms with E-state index >= 15 is 0 Å². The highest BCUT2D eigenvalue weighted by molar-refractivity contribution is 9.11. The molecule has 7 heteroatoms. The fourth-order valence-electron chi connectivity index (χ4n) is 2.92. The standard InChI is InChI=1S/C18H20Br2N2O2S/c1-13-3-5-16(11-14(13)2)21-7-9-22(10-8-21)25(23,24)18-12-15(19)4-6-17(18)20/h3-6,11-12H,7-10H2,1-2H3. The summed E-state index contributed by atoms with van der Waals surface area (Å²) in [6.45, 7) is 6.53. The van der Waals surface area contributed by atoms with E-state index in [4.69, 9.17) is 0 Å². The van der Waals surface area contributed by atoms with E-state index in [0.29, 0.717) is 35.5 Å². The monoisotopic (exact) mass is 486 g/mol. The molecule has 25 heavy (non-hydrogen) atoms. The SMILES string of the molecule is Cc1ccc(N2CCN(S(=O)(=O)c3cc(Br)ccc3Br)CC2)cc1C.